The minimum absolute atomic E-state index is 0.0587. The van der Waals surface area contributed by atoms with Crippen molar-refractivity contribution in [3.63, 3.8) is 0 Å². The Kier molecular flexibility index (Phi) is 22.0. The summed E-state index contributed by atoms with van der Waals surface area (Å²) in [5, 5.41) is 9.33. The monoisotopic (exact) mass is 1340 g/mol. The summed E-state index contributed by atoms with van der Waals surface area (Å²) >= 11 is 0. The second-order valence-corrected chi connectivity index (χ2v) is 39.7. The number of aromatic nitrogens is 6. The molecule has 2 fully saturated rings. The van der Waals surface area contributed by atoms with E-state index in [1.807, 2.05) is 64.3 Å². The van der Waals surface area contributed by atoms with Crippen molar-refractivity contribution >= 4 is 70.5 Å². The van der Waals surface area contributed by atoms with Gasteiger partial charge in [0.15, 0.2) is 22.3 Å². The van der Waals surface area contributed by atoms with Gasteiger partial charge in [0.2, 0.25) is 5.88 Å². The number of nitrogens with one attached hydrogen (secondary N) is 1. The Hall–Kier alpha value is -5.09. The maximum absolute atomic E-state index is 13.0. The molecule has 490 valence electrons. The van der Waals surface area contributed by atoms with Gasteiger partial charge in [-0.3, -0.25) is 14.6 Å². The Labute approximate surface area is 495 Å². The molecule has 2 atom stereocenters. The molecule has 6 rings (SSSR count). The summed E-state index contributed by atoms with van der Waals surface area (Å²) in [6.07, 6.45) is 4.12. The third-order valence-electron chi connectivity index (χ3n) is 14.0. The number of alkyl halides is 9. The molecule has 1 N–H and O–H groups in total. The van der Waals surface area contributed by atoms with Crippen LogP contribution in [-0.4, -0.2) is 134 Å². The lowest BCUT2D eigenvalue weighted by Gasteiger charge is -2.36. The minimum atomic E-state index is -6.85. The highest BCUT2D eigenvalue weighted by Gasteiger charge is 2.57. The number of likely N-dealkylation sites (tertiary alicyclic amines) is 2. The molecule has 0 aliphatic carbocycles. The maximum Gasteiger partial charge on any atom is 0.534 e. The van der Waals surface area contributed by atoms with Crippen LogP contribution in [-0.2, 0) is 65.5 Å². The molecule has 2 saturated heterocycles. The van der Waals surface area contributed by atoms with E-state index in [2.05, 4.69) is 53.1 Å². The molecule has 2 aliphatic heterocycles. The van der Waals surface area contributed by atoms with Crippen molar-refractivity contribution in [2.75, 3.05) is 13.1 Å². The zero-order valence-electron chi connectivity index (χ0n) is 50.4. The summed E-state index contributed by atoms with van der Waals surface area (Å²) in [7, 11) is -23.9. The maximum atomic E-state index is 13.0. The average Bonchev–Trinajstić information content (AvgIpc) is 1.96. The van der Waals surface area contributed by atoms with Crippen molar-refractivity contribution in [3.05, 3.63) is 57.4 Å². The SMILES string of the molecule is CC(C)(C)OC(=O)N1CCCC[C@H]1c1cc2[nH]c(=O)cc(CO[Si](C)(C)C(C)(C)C)n2n1.CC(C)(C)OC(=O)N1CCCC[C@H]1c1cc2nc(OS(=O)(=O)C(F)(F)F)cc(CO[Si](C)(C)C(C)(C)C)n2n1.O=S(=O)(OS(=O)(=O)C(F)(F)F)C(F)(F)F. The van der Waals surface area contributed by atoms with Crippen LogP contribution >= 0.6 is 0 Å². The van der Waals surface area contributed by atoms with Gasteiger partial charge in [-0.15, -0.1) is 3.63 Å². The van der Waals surface area contributed by atoms with Gasteiger partial charge in [0.25, 0.3) is 5.56 Å². The number of halogens is 9. The van der Waals surface area contributed by atoms with E-state index in [1.54, 1.807) is 41.2 Å². The van der Waals surface area contributed by atoms with Gasteiger partial charge in [0.1, 0.15) is 16.8 Å². The lowest BCUT2D eigenvalue weighted by Crippen LogP contribution is -2.42. The van der Waals surface area contributed by atoms with Crippen molar-refractivity contribution < 1.29 is 100 Å². The van der Waals surface area contributed by atoms with Crippen LogP contribution in [0.4, 0.5) is 49.1 Å². The Morgan fingerprint density at radius 2 is 0.953 bits per heavy atom. The number of hydrogen-bond acceptors (Lipinski definition) is 18. The van der Waals surface area contributed by atoms with E-state index in [9.17, 15) is 79.2 Å². The molecule has 0 bridgehead atoms. The summed E-state index contributed by atoms with van der Waals surface area (Å²) in [5.74, 6) is -0.757. The number of H-pyrrole nitrogens is 1. The van der Waals surface area contributed by atoms with Crippen LogP contribution in [0.2, 0.25) is 36.3 Å². The Bertz CT molecular complexity index is 3430. The van der Waals surface area contributed by atoms with Crippen LogP contribution in [0, 0.1) is 0 Å². The van der Waals surface area contributed by atoms with E-state index in [0.29, 0.717) is 43.2 Å². The molecule has 23 nitrogen and oxygen atoms in total. The molecule has 0 saturated carbocycles. The lowest BCUT2D eigenvalue weighted by atomic mass is 10.00. The van der Waals surface area contributed by atoms with E-state index in [-0.39, 0.29) is 45.7 Å². The molecule has 2 aliphatic rings. The highest BCUT2D eigenvalue weighted by molar-refractivity contribution is 8.00. The van der Waals surface area contributed by atoms with Crippen LogP contribution in [0.25, 0.3) is 11.3 Å². The van der Waals surface area contributed by atoms with Crippen LogP contribution in [0.1, 0.15) is 156 Å². The summed E-state index contributed by atoms with van der Waals surface area (Å²) < 4.78 is 204. The largest absolute Gasteiger partial charge is 0.534 e. The van der Waals surface area contributed by atoms with E-state index in [4.69, 9.17) is 23.4 Å². The molecule has 2 amide bonds. The second-order valence-electron chi connectivity index (χ2n) is 25.2. The van der Waals surface area contributed by atoms with E-state index in [0.717, 1.165) is 43.9 Å². The van der Waals surface area contributed by atoms with Crippen molar-refractivity contribution in [2.24, 2.45) is 0 Å². The number of aromatic amines is 1. The predicted octanol–water partition coefficient (Wildman–Crippen LogP) is 11.7. The van der Waals surface area contributed by atoms with Gasteiger partial charge >= 0.3 is 59.1 Å². The first kappa shape index (κ1) is 73.4. The Morgan fingerprint density at radius 1 is 0.570 bits per heavy atom. The first-order chi connectivity index (χ1) is 38.5. The Balaban J connectivity index is 0.000000302. The number of amides is 2. The number of piperidine rings is 2. The van der Waals surface area contributed by atoms with Gasteiger partial charge in [0, 0.05) is 37.4 Å². The highest BCUT2D eigenvalue weighted by Crippen LogP contribution is 2.40. The van der Waals surface area contributed by atoms with Gasteiger partial charge in [0.05, 0.1) is 48.1 Å². The van der Waals surface area contributed by atoms with Crippen LogP contribution in [0.5, 0.6) is 5.88 Å². The fourth-order valence-corrected chi connectivity index (χ4v) is 11.4. The van der Waals surface area contributed by atoms with Crippen LogP contribution in [0.15, 0.2) is 29.1 Å². The molecule has 0 spiro atoms. The molecule has 4 aromatic rings. The molecular weight excluding hydrogens is 1260 g/mol. The van der Waals surface area contributed by atoms with Gasteiger partial charge < -0.3 is 27.5 Å². The number of hydrogen-bond donors (Lipinski definition) is 1. The van der Waals surface area contributed by atoms with Gasteiger partial charge in [-0.05, 0) is 116 Å². The van der Waals surface area contributed by atoms with E-state index < -0.39 is 92.7 Å². The first-order valence-electron chi connectivity index (χ1n) is 26.6. The number of ether oxygens (including phenoxy) is 2. The topological polar surface area (TPSA) is 279 Å². The number of carbonyl (C=O) groups excluding carboxylic acids is 2. The number of carbonyl (C=O) groups is 2. The lowest BCUT2D eigenvalue weighted by molar-refractivity contribution is -0.0586. The molecule has 4 aromatic heterocycles. The zero-order chi connectivity index (χ0) is 66.2. The minimum Gasteiger partial charge on any atom is -0.444 e. The summed E-state index contributed by atoms with van der Waals surface area (Å²) in [6.45, 7) is 33.3. The van der Waals surface area contributed by atoms with Crippen molar-refractivity contribution in [1.82, 2.24) is 39.0 Å². The van der Waals surface area contributed by atoms with Crippen molar-refractivity contribution in [3.8, 4) is 5.88 Å². The quantitative estimate of drug-likeness (QED) is 0.0597. The normalized spacial score (nSPS) is 17.6. The molecule has 6 heterocycles. The van der Waals surface area contributed by atoms with E-state index >= 15 is 0 Å². The smallest absolute Gasteiger partial charge is 0.444 e. The molecule has 86 heavy (non-hydrogen) atoms. The van der Waals surface area contributed by atoms with Crippen LogP contribution < -0.4 is 9.74 Å². The first-order valence-corrected chi connectivity index (χ1v) is 36.7. The molecule has 37 heteroatoms. The van der Waals surface area contributed by atoms with Crippen molar-refractivity contribution in [2.45, 2.75) is 211 Å². The average molecular weight is 1340 g/mol. The second kappa shape index (κ2) is 25.8. The molecule has 0 radical (unpaired) electrons. The van der Waals surface area contributed by atoms with Crippen molar-refractivity contribution in [1.29, 1.82) is 0 Å². The number of fused-ring (bicyclic) bond motifs is 2. The summed E-state index contributed by atoms with van der Waals surface area (Å²) in [4.78, 5) is 48.3. The summed E-state index contributed by atoms with van der Waals surface area (Å²) in [5.41, 5.74) is -16.8. The Morgan fingerprint density at radius 3 is 1.34 bits per heavy atom. The zero-order valence-corrected chi connectivity index (χ0v) is 54.9. The third-order valence-corrected chi connectivity index (χ3v) is 26.5. The highest BCUT2D eigenvalue weighted by atomic mass is 32.3. The molecule has 0 aromatic carbocycles. The van der Waals surface area contributed by atoms with E-state index in [1.165, 1.54) is 10.6 Å². The van der Waals surface area contributed by atoms with Crippen LogP contribution in [0.3, 0.4) is 0 Å². The molecular formula is C49H75F9N8O15S3Si2. The van der Waals surface area contributed by atoms with Gasteiger partial charge in [-0.25, -0.2) is 18.6 Å². The van der Waals surface area contributed by atoms with Gasteiger partial charge in [-0.2, -0.15) is 79.9 Å². The standard InChI is InChI=1S/C24H37F3N4O6SSi.C23H38N4O4Si.C2F6O5S2/c1-22(2,3)36-21(32)30-12-10-9-11-18(30)17-14-19-28-20(37-38(33,34)24(25,26)27)13-16(31(19)29-17)15-35-39(7,8)23(4,5)6;1-22(2,3)31-21(29)26-12-10-9-11-18(26)17-14-19-24-20(28)13-16(27(19)25-17)15-30-32(7,8)23(4,5)6;3-1(4,5)14(9,10)13-15(11,12)2(6,7)8/h13-14,18H,9-12,15H2,1-8H3;13-14,18H,9-12,15H2,1-8H3,(H,24,28);/t2*18-;/m00./s1. The molecule has 0 unspecified atom stereocenters. The number of rotatable bonds is 12. The third kappa shape index (κ3) is 19.0. The summed E-state index contributed by atoms with van der Waals surface area (Å²) in [6, 6.07) is 5.35. The number of nitrogens with zero attached hydrogens (tertiary/aromatic N) is 7. The predicted molar refractivity (Wildman–Crippen MR) is 298 cm³/mol. The fourth-order valence-electron chi connectivity index (χ4n) is 7.54. The van der Waals surface area contributed by atoms with Gasteiger partial charge in [-0.1, -0.05) is 41.5 Å². The fraction of sp³-hybridized carbons (Fsp3) is 0.714.